The van der Waals surface area contributed by atoms with Gasteiger partial charge in [-0.1, -0.05) is 20.8 Å². The third kappa shape index (κ3) is 3.36. The molecule has 0 saturated heterocycles. The molecule has 0 radical (unpaired) electrons. The molecule has 0 aliphatic carbocycles. The highest BCUT2D eigenvalue weighted by molar-refractivity contribution is 6.74. The molecular formula is C13H25NO2Si. The fraction of sp³-hybridized carbons (Fsp3) is 0.692. The van der Waals surface area contributed by atoms with Crippen molar-refractivity contribution in [2.75, 3.05) is 6.61 Å². The standard InChI is InChI=1S/C13H25NO2Si/c1-10-9-14-12(15)11(10)7-8-16-17(5,6)13(2,3)4/h9,14-15H,7-8H2,1-6H3. The van der Waals surface area contributed by atoms with Crippen LogP contribution in [0.4, 0.5) is 0 Å². The zero-order valence-corrected chi connectivity index (χ0v) is 12.8. The van der Waals surface area contributed by atoms with Gasteiger partial charge < -0.3 is 14.5 Å². The van der Waals surface area contributed by atoms with Crippen LogP contribution in [0.1, 0.15) is 31.9 Å². The molecule has 1 heterocycles. The molecule has 0 unspecified atom stereocenters. The lowest BCUT2D eigenvalue weighted by atomic mass is 10.1. The van der Waals surface area contributed by atoms with E-state index in [1.165, 1.54) is 0 Å². The van der Waals surface area contributed by atoms with Gasteiger partial charge in [0, 0.05) is 24.8 Å². The number of nitrogens with one attached hydrogen (secondary N) is 1. The molecule has 0 bridgehead atoms. The molecule has 1 aromatic rings. The van der Waals surface area contributed by atoms with E-state index >= 15 is 0 Å². The zero-order chi connectivity index (χ0) is 13.3. The molecule has 0 amide bonds. The highest BCUT2D eigenvalue weighted by Crippen LogP contribution is 2.36. The lowest BCUT2D eigenvalue weighted by Gasteiger charge is -2.36. The topological polar surface area (TPSA) is 45.2 Å². The molecule has 4 heteroatoms. The van der Waals surface area contributed by atoms with Gasteiger partial charge in [-0.2, -0.15) is 0 Å². The summed E-state index contributed by atoms with van der Waals surface area (Å²) < 4.78 is 6.09. The van der Waals surface area contributed by atoms with Crippen molar-refractivity contribution in [3.8, 4) is 5.88 Å². The maximum atomic E-state index is 9.62. The summed E-state index contributed by atoms with van der Waals surface area (Å²) in [5, 5.41) is 9.86. The van der Waals surface area contributed by atoms with Crippen LogP contribution in [0, 0.1) is 6.92 Å². The van der Waals surface area contributed by atoms with Crippen molar-refractivity contribution in [3.63, 3.8) is 0 Å². The molecule has 1 aromatic heterocycles. The van der Waals surface area contributed by atoms with Crippen molar-refractivity contribution >= 4 is 8.32 Å². The van der Waals surface area contributed by atoms with Gasteiger partial charge in [0.25, 0.3) is 0 Å². The van der Waals surface area contributed by atoms with E-state index in [0.717, 1.165) is 17.5 Å². The van der Waals surface area contributed by atoms with Crippen molar-refractivity contribution in [2.45, 2.75) is 52.2 Å². The summed E-state index contributed by atoms with van der Waals surface area (Å²) in [7, 11) is -1.66. The van der Waals surface area contributed by atoms with E-state index in [1.807, 2.05) is 13.1 Å². The van der Waals surface area contributed by atoms with Gasteiger partial charge in [-0.15, -0.1) is 0 Å². The minimum absolute atomic E-state index is 0.238. The minimum Gasteiger partial charge on any atom is -0.494 e. The molecule has 3 nitrogen and oxygen atoms in total. The van der Waals surface area contributed by atoms with Crippen molar-refractivity contribution in [3.05, 3.63) is 17.3 Å². The zero-order valence-electron chi connectivity index (χ0n) is 11.8. The number of aromatic nitrogens is 1. The fourth-order valence-electron chi connectivity index (χ4n) is 1.48. The Morgan fingerprint density at radius 2 is 1.94 bits per heavy atom. The summed E-state index contributed by atoms with van der Waals surface area (Å²) >= 11 is 0. The minimum atomic E-state index is -1.66. The van der Waals surface area contributed by atoms with E-state index in [-0.39, 0.29) is 10.9 Å². The monoisotopic (exact) mass is 255 g/mol. The van der Waals surface area contributed by atoms with Crippen LogP contribution in [-0.4, -0.2) is 25.0 Å². The van der Waals surface area contributed by atoms with Crippen LogP contribution >= 0.6 is 0 Å². The Labute approximate surface area is 105 Å². The molecule has 0 saturated carbocycles. The molecule has 98 valence electrons. The molecule has 1 rings (SSSR count). The summed E-state index contributed by atoms with van der Waals surface area (Å²) in [6.07, 6.45) is 2.60. The highest BCUT2D eigenvalue weighted by atomic mass is 28.4. The van der Waals surface area contributed by atoms with Gasteiger partial charge >= 0.3 is 0 Å². The van der Waals surface area contributed by atoms with E-state index in [2.05, 4.69) is 38.8 Å². The Kier molecular flexibility index (Phi) is 4.09. The predicted molar refractivity (Wildman–Crippen MR) is 74.0 cm³/mol. The maximum Gasteiger partial charge on any atom is 0.191 e. The van der Waals surface area contributed by atoms with Crippen LogP contribution in [-0.2, 0) is 10.8 Å². The summed E-state index contributed by atoms with van der Waals surface area (Å²) in [6.45, 7) is 13.9. The van der Waals surface area contributed by atoms with Crippen LogP contribution < -0.4 is 0 Å². The highest BCUT2D eigenvalue weighted by Gasteiger charge is 2.36. The van der Waals surface area contributed by atoms with Gasteiger partial charge in [-0.3, -0.25) is 0 Å². The second-order valence-electron chi connectivity index (χ2n) is 6.16. The summed E-state index contributed by atoms with van der Waals surface area (Å²) in [4.78, 5) is 2.83. The maximum absolute atomic E-state index is 9.62. The first-order valence-corrected chi connectivity index (χ1v) is 9.06. The fourth-order valence-corrected chi connectivity index (χ4v) is 2.52. The van der Waals surface area contributed by atoms with E-state index in [0.29, 0.717) is 6.61 Å². The normalized spacial score (nSPS) is 13.1. The smallest absolute Gasteiger partial charge is 0.191 e. The van der Waals surface area contributed by atoms with Crippen molar-refractivity contribution in [1.82, 2.24) is 4.98 Å². The van der Waals surface area contributed by atoms with E-state index in [1.54, 1.807) is 0 Å². The number of aromatic amines is 1. The van der Waals surface area contributed by atoms with Gasteiger partial charge in [-0.05, 0) is 30.6 Å². The van der Waals surface area contributed by atoms with Crippen molar-refractivity contribution < 1.29 is 9.53 Å². The first-order chi connectivity index (χ1) is 7.65. The van der Waals surface area contributed by atoms with Gasteiger partial charge in [0.1, 0.15) is 0 Å². The Bertz CT molecular complexity index is 358. The third-order valence-electron chi connectivity index (χ3n) is 3.81. The van der Waals surface area contributed by atoms with Gasteiger partial charge in [0.05, 0.1) is 0 Å². The van der Waals surface area contributed by atoms with Crippen LogP contribution in [0.25, 0.3) is 0 Å². The first kappa shape index (κ1) is 14.3. The first-order valence-electron chi connectivity index (χ1n) is 6.15. The lowest BCUT2D eigenvalue weighted by Crippen LogP contribution is -2.41. The Balaban J connectivity index is 2.54. The average Bonchev–Trinajstić information content (AvgIpc) is 2.47. The predicted octanol–water partition coefficient (Wildman–Crippen LogP) is 3.59. The van der Waals surface area contributed by atoms with E-state index in [9.17, 15) is 5.11 Å². The molecule has 0 aliphatic heterocycles. The number of aryl methyl sites for hydroxylation is 1. The molecule has 17 heavy (non-hydrogen) atoms. The average molecular weight is 255 g/mol. The molecule has 0 aliphatic rings. The van der Waals surface area contributed by atoms with Crippen molar-refractivity contribution in [1.29, 1.82) is 0 Å². The molecule has 0 atom stereocenters. The Hall–Kier alpha value is -0.743. The summed E-state index contributed by atoms with van der Waals surface area (Å²) in [5.74, 6) is 0.279. The van der Waals surface area contributed by atoms with Gasteiger partial charge in [0.2, 0.25) is 0 Å². The summed E-state index contributed by atoms with van der Waals surface area (Å²) in [6, 6.07) is 0. The van der Waals surface area contributed by atoms with Crippen molar-refractivity contribution in [2.24, 2.45) is 0 Å². The molecule has 0 aromatic carbocycles. The van der Waals surface area contributed by atoms with Gasteiger partial charge in [0.15, 0.2) is 14.2 Å². The molecule has 2 N–H and O–H groups in total. The second kappa shape index (κ2) is 4.86. The summed E-state index contributed by atoms with van der Waals surface area (Å²) in [5.41, 5.74) is 2.07. The molecular weight excluding hydrogens is 230 g/mol. The number of aromatic hydroxyl groups is 1. The van der Waals surface area contributed by atoms with Crippen LogP contribution in [0.3, 0.4) is 0 Å². The van der Waals surface area contributed by atoms with E-state index in [4.69, 9.17) is 4.43 Å². The quantitative estimate of drug-likeness (QED) is 0.808. The second-order valence-corrected chi connectivity index (χ2v) is 11.0. The molecule has 0 fully saturated rings. The van der Waals surface area contributed by atoms with Crippen LogP contribution in [0.15, 0.2) is 6.20 Å². The third-order valence-corrected chi connectivity index (χ3v) is 8.35. The number of H-pyrrole nitrogens is 1. The number of hydrogen-bond acceptors (Lipinski definition) is 2. The Morgan fingerprint density at radius 1 is 1.35 bits per heavy atom. The van der Waals surface area contributed by atoms with E-state index < -0.39 is 8.32 Å². The SMILES string of the molecule is Cc1c[nH]c(O)c1CCO[Si](C)(C)C(C)(C)C. The van der Waals surface area contributed by atoms with Crippen LogP contribution in [0.2, 0.25) is 18.1 Å². The Morgan fingerprint density at radius 3 is 2.35 bits per heavy atom. The largest absolute Gasteiger partial charge is 0.494 e. The van der Waals surface area contributed by atoms with Gasteiger partial charge in [-0.25, -0.2) is 0 Å². The number of hydrogen-bond donors (Lipinski definition) is 2. The molecule has 0 spiro atoms. The number of rotatable bonds is 4. The van der Waals surface area contributed by atoms with Crippen LogP contribution in [0.5, 0.6) is 5.88 Å². The lowest BCUT2D eigenvalue weighted by molar-refractivity contribution is 0.290.